The number of fused-ring (bicyclic) bond motifs is 5. The molecule has 0 N–H and O–H groups in total. The van der Waals surface area contributed by atoms with Gasteiger partial charge in [0, 0.05) is 12.3 Å². The van der Waals surface area contributed by atoms with Crippen LogP contribution in [0.2, 0.25) is 0 Å². The summed E-state index contributed by atoms with van der Waals surface area (Å²) >= 11 is 3.83. The molecule has 3 nitrogen and oxygen atoms in total. The molecule has 3 aliphatic rings. The second kappa shape index (κ2) is 6.29. The third-order valence-corrected chi connectivity index (χ3v) is 7.98. The van der Waals surface area contributed by atoms with Crippen molar-refractivity contribution < 1.29 is 14.3 Å². The van der Waals surface area contributed by atoms with Crippen LogP contribution in [-0.2, 0) is 16.0 Å². The highest BCUT2D eigenvalue weighted by Crippen LogP contribution is 2.62. The lowest BCUT2D eigenvalue weighted by Crippen LogP contribution is -2.45. The molecule has 6 atom stereocenters. The zero-order valence-corrected chi connectivity index (χ0v) is 16.8. The Morgan fingerprint density at radius 2 is 2.12 bits per heavy atom. The van der Waals surface area contributed by atoms with Gasteiger partial charge in [-0.05, 0) is 73.1 Å². The average Bonchev–Trinajstić information content (AvgIpc) is 2.85. The van der Waals surface area contributed by atoms with Gasteiger partial charge in [0.25, 0.3) is 0 Å². The van der Waals surface area contributed by atoms with Crippen LogP contribution < -0.4 is 4.74 Å². The van der Waals surface area contributed by atoms with Gasteiger partial charge in [0.15, 0.2) is 0 Å². The van der Waals surface area contributed by atoms with E-state index in [0.717, 1.165) is 25.0 Å². The molecule has 0 saturated heterocycles. The summed E-state index contributed by atoms with van der Waals surface area (Å²) in [5.74, 6) is 2.77. The van der Waals surface area contributed by atoms with Crippen molar-refractivity contribution in [2.45, 2.75) is 62.8 Å². The lowest BCUT2D eigenvalue weighted by Gasteiger charge is -2.50. The second-order valence-corrected chi connectivity index (χ2v) is 9.48. The van der Waals surface area contributed by atoms with Crippen LogP contribution in [0.1, 0.15) is 56.6 Å². The van der Waals surface area contributed by atoms with E-state index in [-0.39, 0.29) is 22.3 Å². The number of rotatable bonds is 2. The van der Waals surface area contributed by atoms with Crippen LogP contribution in [0.25, 0.3) is 0 Å². The minimum Gasteiger partial charge on any atom is -0.497 e. The third kappa shape index (κ3) is 2.72. The topological polar surface area (TPSA) is 35.5 Å². The Hall–Kier alpha value is -1.03. The highest BCUT2D eigenvalue weighted by atomic mass is 79.9. The first-order valence-corrected chi connectivity index (χ1v) is 10.3. The molecule has 0 radical (unpaired) electrons. The van der Waals surface area contributed by atoms with Crippen LogP contribution in [0.15, 0.2) is 18.2 Å². The lowest BCUT2D eigenvalue weighted by atomic mass is 9.55. The molecule has 2 fully saturated rings. The van der Waals surface area contributed by atoms with Crippen molar-refractivity contribution in [2.24, 2.45) is 17.3 Å². The van der Waals surface area contributed by atoms with Crippen LogP contribution in [0, 0.1) is 17.3 Å². The van der Waals surface area contributed by atoms with Crippen molar-refractivity contribution >= 4 is 21.9 Å². The van der Waals surface area contributed by atoms with Crippen molar-refractivity contribution in [1.82, 2.24) is 0 Å². The third-order valence-electron chi connectivity index (χ3n) is 7.12. The van der Waals surface area contributed by atoms with Crippen molar-refractivity contribution in [2.75, 3.05) is 7.11 Å². The number of ether oxygens (including phenoxy) is 2. The summed E-state index contributed by atoms with van der Waals surface area (Å²) in [7, 11) is 1.74. The maximum atomic E-state index is 11.6. The van der Waals surface area contributed by atoms with Crippen LogP contribution in [0.3, 0.4) is 0 Å². The molecule has 0 amide bonds. The first-order valence-electron chi connectivity index (χ1n) is 9.42. The smallest absolute Gasteiger partial charge is 0.302 e. The molecule has 0 heterocycles. The van der Waals surface area contributed by atoms with Gasteiger partial charge in [-0.1, -0.05) is 28.9 Å². The molecule has 0 spiro atoms. The van der Waals surface area contributed by atoms with Gasteiger partial charge in [-0.25, -0.2) is 0 Å². The number of methoxy groups -OCH3 is 1. The maximum Gasteiger partial charge on any atom is 0.302 e. The minimum atomic E-state index is -0.153. The van der Waals surface area contributed by atoms with E-state index in [4.69, 9.17) is 9.47 Å². The molecule has 1 aromatic rings. The Balaban J connectivity index is 1.64. The predicted octanol–water partition coefficient (Wildman–Crippen LogP) is 4.86. The number of benzene rings is 1. The predicted molar refractivity (Wildman–Crippen MR) is 101 cm³/mol. The van der Waals surface area contributed by atoms with Gasteiger partial charge in [-0.15, -0.1) is 0 Å². The van der Waals surface area contributed by atoms with E-state index in [2.05, 4.69) is 41.1 Å². The standard InChI is InChI=1S/C21H27BrO3/c1-12(23)25-20-19(22)11-18-17-6-4-13-10-14(24-3)5-7-15(13)16(17)8-9-21(18,20)2/h5,7,10,16-20H,4,6,8-9,11H2,1-3H3/t16-,17-,18+,19-,20+,21+/m1/s1. The van der Waals surface area contributed by atoms with Crippen LogP contribution in [-0.4, -0.2) is 24.0 Å². The van der Waals surface area contributed by atoms with Crippen molar-refractivity contribution in [3.05, 3.63) is 29.3 Å². The average molecular weight is 407 g/mol. The molecule has 4 rings (SSSR count). The number of halogens is 1. The van der Waals surface area contributed by atoms with Crippen molar-refractivity contribution in [3.8, 4) is 5.75 Å². The molecule has 25 heavy (non-hydrogen) atoms. The summed E-state index contributed by atoms with van der Waals surface area (Å²) in [5.41, 5.74) is 3.10. The summed E-state index contributed by atoms with van der Waals surface area (Å²) in [5, 5.41) is 0. The molecule has 0 bridgehead atoms. The largest absolute Gasteiger partial charge is 0.497 e. The number of esters is 1. The van der Waals surface area contributed by atoms with E-state index in [9.17, 15) is 4.79 Å². The molecule has 2 saturated carbocycles. The normalized spacial score (nSPS) is 39.1. The fourth-order valence-corrected chi connectivity index (χ4v) is 7.11. The van der Waals surface area contributed by atoms with E-state index in [1.807, 2.05) is 0 Å². The van der Waals surface area contributed by atoms with Crippen LogP contribution in [0.4, 0.5) is 0 Å². The van der Waals surface area contributed by atoms with Gasteiger partial charge in [-0.2, -0.15) is 0 Å². The van der Waals surface area contributed by atoms with E-state index in [1.54, 1.807) is 7.11 Å². The molecule has 136 valence electrons. The molecule has 3 aliphatic carbocycles. The lowest BCUT2D eigenvalue weighted by molar-refractivity contribution is -0.154. The van der Waals surface area contributed by atoms with Gasteiger partial charge >= 0.3 is 5.97 Å². The summed E-state index contributed by atoms with van der Waals surface area (Å²) in [6.07, 6.45) is 5.80. The molecule has 4 heteroatoms. The fourth-order valence-electron chi connectivity index (χ4n) is 6.00. The molecule has 0 aliphatic heterocycles. The molecule has 1 aromatic carbocycles. The Kier molecular flexibility index (Phi) is 4.38. The fraction of sp³-hybridized carbons (Fsp3) is 0.667. The van der Waals surface area contributed by atoms with Gasteiger partial charge in [0.2, 0.25) is 0 Å². The summed E-state index contributed by atoms with van der Waals surface area (Å²) in [6, 6.07) is 6.62. The van der Waals surface area contributed by atoms with Gasteiger partial charge in [-0.3, -0.25) is 4.79 Å². The van der Waals surface area contributed by atoms with Crippen LogP contribution in [0.5, 0.6) is 5.75 Å². The van der Waals surface area contributed by atoms with Gasteiger partial charge < -0.3 is 9.47 Å². The molecule has 0 aromatic heterocycles. The zero-order valence-electron chi connectivity index (χ0n) is 15.3. The SMILES string of the molecule is COc1ccc2c(c1)CC[C@@H]1[C@@H]2CC[C@@]2(C)[C@H]1C[C@@H](Br)[C@@H]2OC(C)=O. The zero-order chi connectivity index (χ0) is 17.8. The number of aryl methyl sites for hydroxylation is 1. The molecular weight excluding hydrogens is 380 g/mol. The van der Waals surface area contributed by atoms with Crippen LogP contribution >= 0.6 is 15.9 Å². The first kappa shape index (κ1) is 17.4. The quantitative estimate of drug-likeness (QED) is 0.519. The monoisotopic (exact) mass is 406 g/mol. The van der Waals surface area contributed by atoms with E-state index < -0.39 is 0 Å². The summed E-state index contributed by atoms with van der Waals surface area (Å²) in [6.45, 7) is 3.89. The van der Waals surface area contributed by atoms with E-state index in [0.29, 0.717) is 17.8 Å². The Labute approximate surface area is 158 Å². The maximum absolute atomic E-state index is 11.6. The minimum absolute atomic E-state index is 0.00761. The van der Waals surface area contributed by atoms with E-state index in [1.165, 1.54) is 30.9 Å². The first-order chi connectivity index (χ1) is 11.9. The van der Waals surface area contributed by atoms with Crippen molar-refractivity contribution in [1.29, 1.82) is 0 Å². The number of hydrogen-bond acceptors (Lipinski definition) is 3. The Morgan fingerprint density at radius 1 is 1.32 bits per heavy atom. The second-order valence-electron chi connectivity index (χ2n) is 8.31. The summed E-state index contributed by atoms with van der Waals surface area (Å²) in [4.78, 5) is 11.9. The highest BCUT2D eigenvalue weighted by Gasteiger charge is 2.59. The molecule has 0 unspecified atom stereocenters. The number of alkyl halides is 1. The van der Waals surface area contributed by atoms with Gasteiger partial charge in [0.1, 0.15) is 11.9 Å². The highest BCUT2D eigenvalue weighted by molar-refractivity contribution is 9.09. The molecular formula is C21H27BrO3. The summed E-state index contributed by atoms with van der Waals surface area (Å²) < 4.78 is 11.2. The number of carbonyl (C=O) groups excluding carboxylic acids is 1. The van der Waals surface area contributed by atoms with Crippen molar-refractivity contribution in [3.63, 3.8) is 0 Å². The number of carbonyl (C=O) groups is 1. The van der Waals surface area contributed by atoms with Gasteiger partial charge in [0.05, 0.1) is 11.9 Å². The number of hydrogen-bond donors (Lipinski definition) is 0. The Bertz CT molecular complexity index is 688. The Morgan fingerprint density at radius 3 is 2.84 bits per heavy atom. The van der Waals surface area contributed by atoms with E-state index >= 15 is 0 Å².